The van der Waals surface area contributed by atoms with E-state index in [0.29, 0.717) is 16.3 Å². The van der Waals surface area contributed by atoms with Crippen LogP contribution in [0.4, 0.5) is 5.69 Å². The Morgan fingerprint density at radius 1 is 1.14 bits per heavy atom. The molecule has 3 rings (SSSR count). The second-order valence-electron chi connectivity index (χ2n) is 4.69. The lowest BCUT2D eigenvalue weighted by Gasteiger charge is -2.06. The van der Waals surface area contributed by atoms with E-state index in [1.54, 1.807) is 19.2 Å². The molecule has 0 saturated carbocycles. The van der Waals surface area contributed by atoms with Gasteiger partial charge in [-0.15, -0.1) is 11.3 Å². The van der Waals surface area contributed by atoms with Crippen molar-refractivity contribution < 1.29 is 4.79 Å². The van der Waals surface area contributed by atoms with Crippen LogP contribution in [0.5, 0.6) is 0 Å². The Labute approximate surface area is 130 Å². The van der Waals surface area contributed by atoms with E-state index < -0.39 is 0 Å². The fourth-order valence-corrected chi connectivity index (χ4v) is 2.60. The van der Waals surface area contributed by atoms with Gasteiger partial charge in [0.2, 0.25) is 0 Å². The third-order valence-corrected chi connectivity index (χ3v) is 4.01. The molecule has 0 spiro atoms. The summed E-state index contributed by atoms with van der Waals surface area (Å²) < 4.78 is 1.29. The maximum atomic E-state index is 12.0. The Kier molecular flexibility index (Phi) is 3.84. The number of aryl methyl sites for hydroxylation is 1. The normalized spacial score (nSPS) is 10.4. The van der Waals surface area contributed by atoms with Crippen LogP contribution in [0, 0.1) is 0 Å². The number of nitrogens with one attached hydrogen (secondary N) is 1. The first-order chi connectivity index (χ1) is 10.6. The Balaban J connectivity index is 1.79. The Morgan fingerprint density at radius 2 is 1.91 bits per heavy atom. The third-order valence-electron chi connectivity index (χ3n) is 3.14. The number of carbonyl (C=O) groups excluding carboxylic acids is 1. The van der Waals surface area contributed by atoms with E-state index in [1.165, 1.54) is 22.1 Å². The quantitative estimate of drug-likeness (QED) is 0.809. The number of benzene rings is 1. The summed E-state index contributed by atoms with van der Waals surface area (Å²) in [5.41, 5.74) is 2.15. The van der Waals surface area contributed by atoms with E-state index in [1.807, 2.05) is 35.7 Å². The number of thiophene rings is 1. The number of amides is 1. The second-order valence-corrected chi connectivity index (χ2v) is 5.64. The summed E-state index contributed by atoms with van der Waals surface area (Å²) in [6.07, 6.45) is 0. The van der Waals surface area contributed by atoms with Gasteiger partial charge in [0.15, 0.2) is 0 Å². The van der Waals surface area contributed by atoms with Gasteiger partial charge in [-0.3, -0.25) is 9.59 Å². The molecule has 0 aliphatic rings. The first kappa shape index (κ1) is 14.2. The summed E-state index contributed by atoms with van der Waals surface area (Å²) in [6.45, 7) is 0. The number of hydrogen-bond acceptors (Lipinski definition) is 4. The molecule has 0 aliphatic carbocycles. The Morgan fingerprint density at radius 3 is 2.55 bits per heavy atom. The van der Waals surface area contributed by atoms with Crippen molar-refractivity contribution in [1.29, 1.82) is 0 Å². The molecule has 5 nitrogen and oxygen atoms in total. The number of nitrogens with zero attached hydrogens (tertiary/aromatic N) is 2. The lowest BCUT2D eigenvalue weighted by Crippen LogP contribution is -2.18. The fourth-order valence-electron chi connectivity index (χ4n) is 1.98. The van der Waals surface area contributed by atoms with Crippen molar-refractivity contribution >= 4 is 22.9 Å². The van der Waals surface area contributed by atoms with Crippen LogP contribution in [0.15, 0.2) is 58.7 Å². The number of aromatic nitrogens is 2. The van der Waals surface area contributed by atoms with Crippen LogP contribution < -0.4 is 10.9 Å². The van der Waals surface area contributed by atoms with Gasteiger partial charge in [-0.1, -0.05) is 18.2 Å². The number of anilines is 1. The Bertz CT molecular complexity index is 852. The van der Waals surface area contributed by atoms with Gasteiger partial charge in [0.1, 0.15) is 0 Å². The molecule has 110 valence electrons. The first-order valence-corrected chi connectivity index (χ1v) is 7.51. The zero-order chi connectivity index (χ0) is 15.5. The molecule has 1 amide bonds. The van der Waals surface area contributed by atoms with Gasteiger partial charge in [0.05, 0.1) is 10.6 Å². The van der Waals surface area contributed by atoms with Gasteiger partial charge in [0.25, 0.3) is 11.5 Å². The molecule has 0 bridgehead atoms. The number of hydrogen-bond donors (Lipinski definition) is 1. The highest BCUT2D eigenvalue weighted by Crippen LogP contribution is 2.19. The summed E-state index contributed by atoms with van der Waals surface area (Å²) in [4.78, 5) is 24.0. The highest BCUT2D eigenvalue weighted by molar-refractivity contribution is 7.12. The van der Waals surface area contributed by atoms with Crippen LogP contribution in [0.3, 0.4) is 0 Å². The van der Waals surface area contributed by atoms with Crippen LogP contribution in [0.1, 0.15) is 9.67 Å². The molecule has 0 aliphatic heterocycles. The van der Waals surface area contributed by atoms with Gasteiger partial charge in [0, 0.05) is 24.4 Å². The monoisotopic (exact) mass is 311 g/mol. The molecule has 1 aromatic carbocycles. The van der Waals surface area contributed by atoms with Gasteiger partial charge >= 0.3 is 0 Å². The van der Waals surface area contributed by atoms with E-state index in [9.17, 15) is 9.59 Å². The van der Waals surface area contributed by atoms with Crippen molar-refractivity contribution in [3.8, 4) is 11.3 Å². The summed E-state index contributed by atoms with van der Waals surface area (Å²) in [5, 5.41) is 8.90. The molecule has 22 heavy (non-hydrogen) atoms. The Hall–Kier alpha value is -2.73. The summed E-state index contributed by atoms with van der Waals surface area (Å²) in [5.74, 6) is -0.122. The molecular weight excluding hydrogens is 298 g/mol. The van der Waals surface area contributed by atoms with E-state index in [0.717, 1.165) is 5.56 Å². The standard InChI is InChI=1S/C16H13N3O2S/c1-19-15(20)9-8-13(18-19)11-4-6-12(7-5-11)17-16(21)14-3-2-10-22-14/h2-10H,1H3,(H,17,21). The largest absolute Gasteiger partial charge is 0.321 e. The maximum absolute atomic E-state index is 12.0. The van der Waals surface area contributed by atoms with E-state index in [4.69, 9.17) is 0 Å². The summed E-state index contributed by atoms with van der Waals surface area (Å²) >= 11 is 1.40. The van der Waals surface area contributed by atoms with Crippen LogP contribution >= 0.6 is 11.3 Å². The van der Waals surface area contributed by atoms with E-state index in [-0.39, 0.29) is 11.5 Å². The molecule has 3 aromatic rings. The highest BCUT2D eigenvalue weighted by atomic mass is 32.1. The van der Waals surface area contributed by atoms with Gasteiger partial charge < -0.3 is 5.32 Å². The zero-order valence-corrected chi connectivity index (χ0v) is 12.6. The molecule has 2 heterocycles. The van der Waals surface area contributed by atoms with Crippen molar-refractivity contribution in [3.05, 3.63) is 69.1 Å². The molecule has 0 saturated heterocycles. The topological polar surface area (TPSA) is 64.0 Å². The average molecular weight is 311 g/mol. The van der Waals surface area contributed by atoms with Crippen molar-refractivity contribution in [2.24, 2.45) is 7.05 Å². The summed E-state index contributed by atoms with van der Waals surface area (Å²) in [7, 11) is 1.61. The predicted molar refractivity (Wildman–Crippen MR) is 87.2 cm³/mol. The lowest BCUT2D eigenvalue weighted by molar-refractivity contribution is 0.103. The van der Waals surface area contributed by atoms with E-state index >= 15 is 0 Å². The predicted octanol–water partition coefficient (Wildman–Crippen LogP) is 2.76. The van der Waals surface area contributed by atoms with Gasteiger partial charge in [-0.25, -0.2) is 4.68 Å². The molecular formula is C16H13N3O2S. The molecule has 2 aromatic heterocycles. The SMILES string of the molecule is Cn1nc(-c2ccc(NC(=O)c3cccs3)cc2)ccc1=O. The number of carbonyl (C=O) groups is 1. The summed E-state index contributed by atoms with van der Waals surface area (Å²) in [6, 6.07) is 14.1. The third kappa shape index (κ3) is 2.96. The molecule has 0 atom stereocenters. The molecule has 0 unspecified atom stereocenters. The van der Waals surface area contributed by atoms with Crippen molar-refractivity contribution in [2.75, 3.05) is 5.32 Å². The second kappa shape index (κ2) is 5.95. The minimum Gasteiger partial charge on any atom is -0.321 e. The van der Waals surface area contributed by atoms with Crippen LogP contribution in [-0.4, -0.2) is 15.7 Å². The van der Waals surface area contributed by atoms with Crippen LogP contribution in [-0.2, 0) is 7.05 Å². The van der Waals surface area contributed by atoms with Crippen LogP contribution in [0.2, 0.25) is 0 Å². The molecule has 0 radical (unpaired) electrons. The average Bonchev–Trinajstić information content (AvgIpc) is 3.05. The molecule has 0 fully saturated rings. The van der Waals surface area contributed by atoms with E-state index in [2.05, 4.69) is 10.4 Å². The minimum atomic E-state index is -0.149. The smallest absolute Gasteiger partial charge is 0.266 e. The highest BCUT2D eigenvalue weighted by Gasteiger charge is 2.07. The lowest BCUT2D eigenvalue weighted by atomic mass is 10.1. The zero-order valence-electron chi connectivity index (χ0n) is 11.8. The van der Waals surface area contributed by atoms with Crippen molar-refractivity contribution in [2.45, 2.75) is 0 Å². The van der Waals surface area contributed by atoms with Crippen LogP contribution in [0.25, 0.3) is 11.3 Å². The molecule has 6 heteroatoms. The first-order valence-electron chi connectivity index (χ1n) is 6.63. The number of rotatable bonds is 3. The maximum Gasteiger partial charge on any atom is 0.266 e. The van der Waals surface area contributed by atoms with Gasteiger partial charge in [-0.05, 0) is 29.6 Å². The fraction of sp³-hybridized carbons (Fsp3) is 0.0625. The van der Waals surface area contributed by atoms with Crippen molar-refractivity contribution in [3.63, 3.8) is 0 Å². The van der Waals surface area contributed by atoms with Gasteiger partial charge in [-0.2, -0.15) is 5.10 Å². The van der Waals surface area contributed by atoms with Crippen molar-refractivity contribution in [1.82, 2.24) is 9.78 Å². The molecule has 1 N–H and O–H groups in total. The minimum absolute atomic E-state index is 0.122.